The molecule has 15 heavy (non-hydrogen) atoms. The monoisotopic (exact) mass is 205 g/mol. The van der Waals surface area contributed by atoms with Crippen molar-refractivity contribution in [2.24, 2.45) is 5.92 Å². The number of hydrogen-bond acceptors (Lipinski definition) is 2. The normalized spacial score (nSPS) is 20.8. The summed E-state index contributed by atoms with van der Waals surface area (Å²) in [5, 5.41) is 3.56. The first-order chi connectivity index (χ1) is 7.31. The molecule has 1 N–H and O–H groups in total. The molecule has 0 amide bonds. The summed E-state index contributed by atoms with van der Waals surface area (Å²) < 4.78 is 5.61. The van der Waals surface area contributed by atoms with Gasteiger partial charge in [0.05, 0.1) is 6.04 Å². The lowest BCUT2D eigenvalue weighted by molar-refractivity contribution is 0.304. The molecule has 0 radical (unpaired) electrons. The maximum Gasteiger partial charge on any atom is 0.124 e. The van der Waals surface area contributed by atoms with Crippen LogP contribution in [0.15, 0.2) is 24.3 Å². The van der Waals surface area contributed by atoms with Gasteiger partial charge in [-0.25, -0.2) is 0 Å². The molecule has 1 aromatic rings. The van der Waals surface area contributed by atoms with Crippen LogP contribution in [0, 0.1) is 5.92 Å². The van der Waals surface area contributed by atoms with Crippen molar-refractivity contribution < 1.29 is 4.74 Å². The van der Waals surface area contributed by atoms with Gasteiger partial charge in [0.2, 0.25) is 0 Å². The minimum absolute atomic E-state index is 0.384. The molecule has 2 atom stereocenters. The van der Waals surface area contributed by atoms with Crippen LogP contribution in [0.25, 0.3) is 0 Å². The molecule has 82 valence electrons. The van der Waals surface area contributed by atoms with Gasteiger partial charge in [-0.1, -0.05) is 38.5 Å². The van der Waals surface area contributed by atoms with Gasteiger partial charge in [0.1, 0.15) is 12.4 Å². The highest BCUT2D eigenvalue weighted by Crippen LogP contribution is 2.31. The topological polar surface area (TPSA) is 21.3 Å². The molecule has 1 heterocycles. The summed E-state index contributed by atoms with van der Waals surface area (Å²) in [4.78, 5) is 0. The predicted octanol–water partition coefficient (Wildman–Crippen LogP) is 2.76. The van der Waals surface area contributed by atoms with Crippen LogP contribution >= 0.6 is 0 Å². The molecule has 2 heteroatoms. The third kappa shape index (κ3) is 2.32. The van der Waals surface area contributed by atoms with E-state index in [1.165, 1.54) is 12.0 Å². The van der Waals surface area contributed by atoms with E-state index in [-0.39, 0.29) is 0 Å². The molecule has 1 aliphatic heterocycles. The van der Waals surface area contributed by atoms with E-state index in [1.807, 2.05) is 12.1 Å². The number of ether oxygens (including phenoxy) is 1. The van der Waals surface area contributed by atoms with Gasteiger partial charge in [-0.3, -0.25) is 0 Å². The van der Waals surface area contributed by atoms with Crippen molar-refractivity contribution in [3.05, 3.63) is 29.8 Å². The van der Waals surface area contributed by atoms with Gasteiger partial charge in [0.25, 0.3) is 0 Å². The average Bonchev–Trinajstić information content (AvgIpc) is 2.69. The lowest BCUT2D eigenvalue weighted by atomic mass is 10.1. The van der Waals surface area contributed by atoms with Gasteiger partial charge in [-0.2, -0.15) is 0 Å². The summed E-state index contributed by atoms with van der Waals surface area (Å²) in [6, 6.07) is 8.67. The quantitative estimate of drug-likeness (QED) is 0.816. The van der Waals surface area contributed by atoms with Gasteiger partial charge in [-0.05, 0) is 18.5 Å². The van der Waals surface area contributed by atoms with Gasteiger partial charge in [0.15, 0.2) is 0 Å². The first-order valence-electron chi connectivity index (χ1n) is 5.76. The van der Waals surface area contributed by atoms with Crippen molar-refractivity contribution in [1.29, 1.82) is 0 Å². The SMILES string of the molecule is CCC(C)CNC1COc2ccccc21. The van der Waals surface area contributed by atoms with Crippen LogP contribution in [-0.2, 0) is 0 Å². The molecule has 0 aliphatic carbocycles. The standard InChI is InChI=1S/C13H19NO/c1-3-10(2)8-14-12-9-15-13-7-5-4-6-11(12)13/h4-7,10,12,14H,3,8-9H2,1-2H3. The first kappa shape index (κ1) is 10.5. The maximum atomic E-state index is 5.61. The Morgan fingerprint density at radius 2 is 2.27 bits per heavy atom. The number of nitrogens with one attached hydrogen (secondary N) is 1. The Morgan fingerprint density at radius 1 is 1.47 bits per heavy atom. The number of fused-ring (bicyclic) bond motifs is 1. The zero-order valence-corrected chi connectivity index (χ0v) is 9.49. The molecule has 0 fully saturated rings. The van der Waals surface area contributed by atoms with Crippen LogP contribution in [0.2, 0.25) is 0 Å². The smallest absolute Gasteiger partial charge is 0.124 e. The highest BCUT2D eigenvalue weighted by Gasteiger charge is 2.22. The van der Waals surface area contributed by atoms with E-state index in [0.717, 1.165) is 24.8 Å². The number of para-hydroxylation sites is 1. The Balaban J connectivity index is 1.96. The van der Waals surface area contributed by atoms with E-state index in [2.05, 4.69) is 31.3 Å². The van der Waals surface area contributed by atoms with Crippen molar-refractivity contribution in [1.82, 2.24) is 5.32 Å². The molecule has 2 nitrogen and oxygen atoms in total. The molecule has 0 spiro atoms. The number of hydrogen-bond donors (Lipinski definition) is 1. The Labute approximate surface area is 91.6 Å². The molecule has 0 saturated heterocycles. The molecular weight excluding hydrogens is 186 g/mol. The fourth-order valence-electron chi connectivity index (χ4n) is 1.82. The highest BCUT2D eigenvalue weighted by atomic mass is 16.5. The van der Waals surface area contributed by atoms with Crippen molar-refractivity contribution >= 4 is 0 Å². The molecular formula is C13H19NO. The van der Waals surface area contributed by atoms with Crippen LogP contribution in [0.1, 0.15) is 31.9 Å². The molecule has 1 aromatic carbocycles. The zero-order valence-electron chi connectivity index (χ0n) is 9.49. The highest BCUT2D eigenvalue weighted by molar-refractivity contribution is 5.39. The Kier molecular flexibility index (Phi) is 3.27. The van der Waals surface area contributed by atoms with Crippen LogP contribution < -0.4 is 10.1 Å². The second-order valence-corrected chi connectivity index (χ2v) is 4.32. The molecule has 0 saturated carbocycles. The second-order valence-electron chi connectivity index (χ2n) is 4.32. The summed E-state index contributed by atoms with van der Waals surface area (Å²) in [7, 11) is 0. The molecule has 1 aliphatic rings. The van der Waals surface area contributed by atoms with E-state index < -0.39 is 0 Å². The average molecular weight is 205 g/mol. The summed E-state index contributed by atoms with van der Waals surface area (Å²) in [5.74, 6) is 1.77. The third-order valence-electron chi connectivity index (χ3n) is 3.11. The van der Waals surface area contributed by atoms with E-state index in [9.17, 15) is 0 Å². The third-order valence-corrected chi connectivity index (χ3v) is 3.11. The van der Waals surface area contributed by atoms with Gasteiger partial charge in [0, 0.05) is 5.56 Å². The lowest BCUT2D eigenvalue weighted by Crippen LogP contribution is -2.27. The van der Waals surface area contributed by atoms with E-state index in [0.29, 0.717) is 6.04 Å². The molecule has 0 aromatic heterocycles. The van der Waals surface area contributed by atoms with E-state index in [4.69, 9.17) is 4.74 Å². The number of benzene rings is 1. The van der Waals surface area contributed by atoms with Crippen molar-refractivity contribution in [2.75, 3.05) is 13.2 Å². The predicted molar refractivity (Wildman–Crippen MR) is 62.1 cm³/mol. The Hall–Kier alpha value is -1.02. The molecule has 2 rings (SSSR count). The van der Waals surface area contributed by atoms with Crippen molar-refractivity contribution in [3.8, 4) is 5.75 Å². The maximum absolute atomic E-state index is 5.61. The fraction of sp³-hybridized carbons (Fsp3) is 0.538. The second kappa shape index (κ2) is 4.67. The first-order valence-corrected chi connectivity index (χ1v) is 5.76. The van der Waals surface area contributed by atoms with Gasteiger partial charge < -0.3 is 10.1 Å². The molecule has 0 bridgehead atoms. The summed E-state index contributed by atoms with van der Waals surface area (Å²) in [5.41, 5.74) is 1.31. The Morgan fingerprint density at radius 3 is 3.07 bits per heavy atom. The molecule has 2 unspecified atom stereocenters. The van der Waals surface area contributed by atoms with Gasteiger partial charge >= 0.3 is 0 Å². The van der Waals surface area contributed by atoms with Crippen molar-refractivity contribution in [3.63, 3.8) is 0 Å². The van der Waals surface area contributed by atoms with Gasteiger partial charge in [-0.15, -0.1) is 0 Å². The summed E-state index contributed by atoms with van der Waals surface area (Å²) in [6.07, 6.45) is 1.22. The van der Waals surface area contributed by atoms with Crippen LogP contribution in [0.5, 0.6) is 5.75 Å². The van der Waals surface area contributed by atoms with E-state index >= 15 is 0 Å². The summed E-state index contributed by atoms with van der Waals surface area (Å²) >= 11 is 0. The van der Waals surface area contributed by atoms with Crippen LogP contribution in [0.4, 0.5) is 0 Å². The Bertz CT molecular complexity index is 324. The van der Waals surface area contributed by atoms with E-state index in [1.54, 1.807) is 0 Å². The van der Waals surface area contributed by atoms with Crippen molar-refractivity contribution in [2.45, 2.75) is 26.3 Å². The number of rotatable bonds is 4. The minimum atomic E-state index is 0.384. The fourth-order valence-corrected chi connectivity index (χ4v) is 1.82. The lowest BCUT2D eigenvalue weighted by Gasteiger charge is -2.14. The van der Waals surface area contributed by atoms with Crippen LogP contribution in [0.3, 0.4) is 0 Å². The largest absolute Gasteiger partial charge is 0.491 e. The minimum Gasteiger partial charge on any atom is -0.491 e. The van der Waals surface area contributed by atoms with Crippen LogP contribution in [-0.4, -0.2) is 13.2 Å². The zero-order chi connectivity index (χ0) is 10.7. The summed E-state index contributed by atoms with van der Waals surface area (Å²) in [6.45, 7) is 6.34.